The Morgan fingerprint density at radius 3 is 2.40 bits per heavy atom. The molecular weight excluding hydrogens is 574 g/mol. The first-order valence-electron chi connectivity index (χ1n) is 15.2. The summed E-state index contributed by atoms with van der Waals surface area (Å²) in [7, 11) is 3.87. The van der Waals surface area contributed by atoms with Gasteiger partial charge in [-0.15, -0.1) is 0 Å². The van der Waals surface area contributed by atoms with E-state index < -0.39 is 11.9 Å². The molecule has 6 rings (SSSR count). The number of carbonyl (C=O) groups excluding carboxylic acids is 3. The van der Waals surface area contributed by atoms with E-state index in [1.54, 1.807) is 37.1 Å². The SMILES string of the molecule is CCOC(=O)c1ccc2c(c1)NC(=O)C2C(=Nc1ccc(N(C)C(=O)CN2CCN(C)CC2)cc1)c1ccc2c(c1)OCCO2. The van der Waals surface area contributed by atoms with Gasteiger partial charge in [-0.25, -0.2) is 4.79 Å². The Morgan fingerprint density at radius 2 is 1.67 bits per heavy atom. The number of carbonyl (C=O) groups is 3. The second-order valence-electron chi connectivity index (χ2n) is 11.3. The quantitative estimate of drug-likeness (QED) is 0.303. The molecule has 1 saturated heterocycles. The van der Waals surface area contributed by atoms with Crippen LogP contribution in [-0.2, 0) is 14.3 Å². The van der Waals surface area contributed by atoms with Crippen LogP contribution in [0, 0.1) is 0 Å². The third-order valence-electron chi connectivity index (χ3n) is 8.32. The molecule has 1 fully saturated rings. The minimum absolute atomic E-state index is 0.0224. The van der Waals surface area contributed by atoms with E-state index in [0.29, 0.717) is 65.0 Å². The summed E-state index contributed by atoms with van der Waals surface area (Å²) in [6.07, 6.45) is 0. The molecule has 3 aromatic rings. The van der Waals surface area contributed by atoms with Gasteiger partial charge < -0.3 is 29.3 Å². The molecule has 0 aliphatic carbocycles. The van der Waals surface area contributed by atoms with Crippen molar-refractivity contribution in [2.75, 3.05) is 76.9 Å². The van der Waals surface area contributed by atoms with Crippen molar-refractivity contribution in [2.45, 2.75) is 12.8 Å². The van der Waals surface area contributed by atoms with Crippen LogP contribution >= 0.6 is 0 Å². The maximum atomic E-state index is 13.5. The van der Waals surface area contributed by atoms with Crippen molar-refractivity contribution in [3.8, 4) is 11.5 Å². The van der Waals surface area contributed by atoms with Gasteiger partial charge in [-0.05, 0) is 74.1 Å². The van der Waals surface area contributed by atoms with Crippen LogP contribution in [-0.4, -0.2) is 99.9 Å². The molecule has 3 heterocycles. The Morgan fingerprint density at radius 1 is 0.956 bits per heavy atom. The van der Waals surface area contributed by atoms with Crippen molar-refractivity contribution in [1.29, 1.82) is 0 Å². The molecule has 1 unspecified atom stereocenters. The summed E-state index contributed by atoms with van der Waals surface area (Å²) in [6.45, 7) is 6.90. The molecule has 234 valence electrons. The van der Waals surface area contributed by atoms with Crippen LogP contribution in [0.25, 0.3) is 0 Å². The molecule has 11 heteroatoms. The monoisotopic (exact) mass is 611 g/mol. The molecule has 1 atom stereocenters. The van der Waals surface area contributed by atoms with Gasteiger partial charge in [0, 0.05) is 50.2 Å². The highest BCUT2D eigenvalue weighted by Crippen LogP contribution is 2.39. The van der Waals surface area contributed by atoms with E-state index in [4.69, 9.17) is 19.2 Å². The summed E-state index contributed by atoms with van der Waals surface area (Å²) < 4.78 is 16.7. The Kier molecular flexibility index (Phi) is 8.81. The molecule has 0 aromatic heterocycles. The van der Waals surface area contributed by atoms with Crippen molar-refractivity contribution in [1.82, 2.24) is 9.80 Å². The number of nitrogens with zero attached hydrogens (tertiary/aromatic N) is 4. The average molecular weight is 612 g/mol. The molecule has 3 aliphatic heterocycles. The van der Waals surface area contributed by atoms with Gasteiger partial charge in [-0.3, -0.25) is 19.5 Å². The number of hydrogen-bond donors (Lipinski definition) is 1. The standard InChI is InChI=1S/C34H37N5O6/c1-4-43-34(42)23-5-11-26-27(19-23)36-33(41)31(26)32(22-6-12-28-29(20-22)45-18-17-44-28)35-24-7-9-25(10-8-24)38(3)30(40)21-39-15-13-37(2)14-16-39/h5-12,19-20,31H,4,13-18,21H2,1-3H3,(H,36,41). The number of nitrogens with one attached hydrogen (secondary N) is 1. The smallest absolute Gasteiger partial charge is 0.338 e. The largest absolute Gasteiger partial charge is 0.486 e. The summed E-state index contributed by atoms with van der Waals surface area (Å²) in [5, 5.41) is 2.92. The Bertz CT molecular complexity index is 1630. The number of rotatable bonds is 8. The number of piperazine rings is 1. The van der Waals surface area contributed by atoms with E-state index in [2.05, 4.69) is 22.2 Å². The number of hydrogen-bond acceptors (Lipinski definition) is 9. The summed E-state index contributed by atoms with van der Waals surface area (Å²) in [5.74, 6) is -0.219. The Labute approximate surface area is 262 Å². The van der Waals surface area contributed by atoms with E-state index in [0.717, 1.165) is 31.9 Å². The number of aliphatic imine (C=N–C) groups is 1. The van der Waals surface area contributed by atoms with Crippen molar-refractivity contribution in [3.05, 3.63) is 77.4 Å². The van der Waals surface area contributed by atoms with Gasteiger partial charge >= 0.3 is 5.97 Å². The van der Waals surface area contributed by atoms with E-state index in [9.17, 15) is 14.4 Å². The lowest BCUT2D eigenvalue weighted by atomic mass is 9.90. The number of esters is 1. The number of ether oxygens (including phenoxy) is 3. The molecule has 0 spiro atoms. The highest BCUT2D eigenvalue weighted by molar-refractivity contribution is 6.24. The topological polar surface area (TPSA) is 113 Å². The first-order valence-corrected chi connectivity index (χ1v) is 15.2. The van der Waals surface area contributed by atoms with Gasteiger partial charge in [0.1, 0.15) is 19.1 Å². The highest BCUT2D eigenvalue weighted by Gasteiger charge is 2.36. The average Bonchev–Trinajstić information content (AvgIpc) is 3.39. The van der Waals surface area contributed by atoms with E-state index >= 15 is 0 Å². The first kappa shape index (κ1) is 30.3. The lowest BCUT2D eigenvalue weighted by molar-refractivity contribution is -0.120. The molecule has 0 radical (unpaired) electrons. The summed E-state index contributed by atoms with van der Waals surface area (Å²) in [6, 6.07) is 18.0. The second kappa shape index (κ2) is 13.1. The molecule has 1 N–H and O–H groups in total. The van der Waals surface area contributed by atoms with Crippen molar-refractivity contribution < 1.29 is 28.6 Å². The van der Waals surface area contributed by atoms with Gasteiger partial charge in [-0.2, -0.15) is 0 Å². The Hall–Kier alpha value is -4.74. The zero-order valence-corrected chi connectivity index (χ0v) is 25.7. The summed E-state index contributed by atoms with van der Waals surface area (Å²) in [5.41, 5.74) is 4.18. The number of benzene rings is 3. The third-order valence-corrected chi connectivity index (χ3v) is 8.32. The van der Waals surface area contributed by atoms with Crippen LogP contribution in [0.4, 0.5) is 17.1 Å². The zero-order valence-electron chi connectivity index (χ0n) is 25.7. The molecule has 11 nitrogen and oxygen atoms in total. The predicted molar refractivity (Wildman–Crippen MR) is 171 cm³/mol. The van der Waals surface area contributed by atoms with Gasteiger partial charge in [0.2, 0.25) is 11.8 Å². The van der Waals surface area contributed by atoms with E-state index in [1.807, 2.05) is 42.5 Å². The second-order valence-corrected chi connectivity index (χ2v) is 11.3. The third kappa shape index (κ3) is 6.54. The predicted octanol–water partition coefficient (Wildman–Crippen LogP) is 3.70. The Balaban J connectivity index is 1.30. The molecular formula is C34H37N5O6. The fourth-order valence-corrected chi connectivity index (χ4v) is 5.71. The maximum absolute atomic E-state index is 13.5. The lowest BCUT2D eigenvalue weighted by Crippen LogP contribution is -2.48. The zero-order chi connectivity index (χ0) is 31.5. The van der Waals surface area contributed by atoms with Crippen molar-refractivity contribution >= 4 is 40.6 Å². The van der Waals surface area contributed by atoms with Crippen LogP contribution in [0.2, 0.25) is 0 Å². The summed E-state index contributed by atoms with van der Waals surface area (Å²) in [4.78, 5) is 50.0. The number of fused-ring (bicyclic) bond motifs is 2. The van der Waals surface area contributed by atoms with Gasteiger partial charge in [0.05, 0.1) is 30.1 Å². The van der Waals surface area contributed by atoms with Crippen molar-refractivity contribution in [3.63, 3.8) is 0 Å². The van der Waals surface area contributed by atoms with E-state index in [-0.39, 0.29) is 18.4 Å². The minimum atomic E-state index is -0.744. The molecule has 3 aromatic carbocycles. The fourth-order valence-electron chi connectivity index (χ4n) is 5.71. The number of amides is 2. The van der Waals surface area contributed by atoms with Crippen molar-refractivity contribution in [2.24, 2.45) is 4.99 Å². The molecule has 0 saturated carbocycles. The number of likely N-dealkylation sites (N-methyl/N-ethyl adjacent to an activating group) is 2. The minimum Gasteiger partial charge on any atom is -0.486 e. The fraction of sp³-hybridized carbons (Fsp3) is 0.353. The lowest BCUT2D eigenvalue weighted by Gasteiger charge is -2.32. The van der Waals surface area contributed by atoms with Crippen LogP contribution in [0.1, 0.15) is 34.3 Å². The van der Waals surface area contributed by atoms with Crippen LogP contribution in [0.15, 0.2) is 65.7 Å². The van der Waals surface area contributed by atoms with E-state index in [1.165, 1.54) is 0 Å². The molecule has 3 aliphatic rings. The molecule has 0 bridgehead atoms. The van der Waals surface area contributed by atoms with Crippen LogP contribution in [0.5, 0.6) is 11.5 Å². The highest BCUT2D eigenvalue weighted by atomic mass is 16.6. The van der Waals surface area contributed by atoms with Crippen LogP contribution in [0.3, 0.4) is 0 Å². The molecule has 2 amide bonds. The van der Waals surface area contributed by atoms with Gasteiger partial charge in [-0.1, -0.05) is 6.07 Å². The normalized spacial score (nSPS) is 18.2. The number of anilines is 2. The molecule has 45 heavy (non-hydrogen) atoms. The van der Waals surface area contributed by atoms with Gasteiger partial charge in [0.25, 0.3) is 0 Å². The van der Waals surface area contributed by atoms with Crippen LogP contribution < -0.4 is 19.7 Å². The first-order chi connectivity index (χ1) is 21.8. The summed E-state index contributed by atoms with van der Waals surface area (Å²) >= 11 is 0. The van der Waals surface area contributed by atoms with Gasteiger partial charge in [0.15, 0.2) is 11.5 Å². The maximum Gasteiger partial charge on any atom is 0.338 e.